The molecule has 0 amide bonds. The Morgan fingerprint density at radius 1 is 1.30 bits per heavy atom. The lowest BCUT2D eigenvalue weighted by molar-refractivity contribution is -0.388. The topological polar surface area (TPSA) is 73.0 Å². The molecule has 1 N–H and O–H groups in total. The number of nitrogens with zero attached hydrogens (tertiary/aromatic N) is 3. The summed E-state index contributed by atoms with van der Waals surface area (Å²) in [6.45, 7) is 5.74. The van der Waals surface area contributed by atoms with Gasteiger partial charge in [0.2, 0.25) is 11.6 Å². The van der Waals surface area contributed by atoms with Crippen LogP contribution in [0.5, 0.6) is 0 Å². The first-order valence-corrected chi connectivity index (χ1v) is 6.41. The lowest BCUT2D eigenvalue weighted by Gasteiger charge is -2.15. The van der Waals surface area contributed by atoms with E-state index in [1.165, 1.54) is 5.56 Å². The monoisotopic (exact) mass is 274 g/mol. The molecule has 1 unspecified atom stereocenters. The van der Waals surface area contributed by atoms with Crippen molar-refractivity contribution in [3.63, 3.8) is 0 Å². The van der Waals surface area contributed by atoms with E-state index in [-0.39, 0.29) is 11.9 Å². The average Bonchev–Trinajstić information content (AvgIpc) is 2.68. The maximum atomic E-state index is 11.0. The smallest absolute Gasteiger partial charge is 0.358 e. The van der Waals surface area contributed by atoms with E-state index < -0.39 is 4.92 Å². The summed E-state index contributed by atoms with van der Waals surface area (Å²) >= 11 is 0. The first-order valence-electron chi connectivity index (χ1n) is 6.41. The summed E-state index contributed by atoms with van der Waals surface area (Å²) in [5.41, 5.74) is 2.26. The highest BCUT2D eigenvalue weighted by atomic mass is 16.6. The first-order chi connectivity index (χ1) is 9.40. The first kappa shape index (κ1) is 14.0. The molecular weight excluding hydrogens is 256 g/mol. The SMILES string of the molecule is Cc1ccc(C(C)Nc2c([N+](=O)[O-])nc(C)n2C)cc1. The van der Waals surface area contributed by atoms with Crippen molar-refractivity contribution in [1.82, 2.24) is 9.55 Å². The third-order valence-electron chi connectivity index (χ3n) is 3.40. The molecule has 0 saturated carbocycles. The van der Waals surface area contributed by atoms with Crippen LogP contribution in [-0.2, 0) is 7.05 Å². The number of aryl methyl sites for hydroxylation is 2. The highest BCUT2D eigenvalue weighted by Gasteiger charge is 2.24. The molecule has 0 spiro atoms. The molecule has 20 heavy (non-hydrogen) atoms. The van der Waals surface area contributed by atoms with Gasteiger partial charge in [0.25, 0.3) is 0 Å². The van der Waals surface area contributed by atoms with Crippen molar-refractivity contribution in [2.45, 2.75) is 26.8 Å². The van der Waals surface area contributed by atoms with Crippen LogP contribution in [0.1, 0.15) is 29.9 Å². The van der Waals surface area contributed by atoms with Crippen LogP contribution in [0, 0.1) is 24.0 Å². The minimum absolute atomic E-state index is 0.0379. The Labute approximate surface area is 117 Å². The van der Waals surface area contributed by atoms with Gasteiger partial charge in [-0.1, -0.05) is 29.8 Å². The Morgan fingerprint density at radius 2 is 1.90 bits per heavy atom. The molecule has 0 fully saturated rings. The molecule has 2 aromatic rings. The van der Waals surface area contributed by atoms with E-state index in [4.69, 9.17) is 0 Å². The number of benzene rings is 1. The maximum absolute atomic E-state index is 11.0. The molecule has 0 aliphatic heterocycles. The van der Waals surface area contributed by atoms with Crippen molar-refractivity contribution in [3.8, 4) is 0 Å². The number of nitrogens with one attached hydrogen (secondary N) is 1. The minimum atomic E-state index is -0.461. The van der Waals surface area contributed by atoms with Crippen molar-refractivity contribution in [1.29, 1.82) is 0 Å². The van der Waals surface area contributed by atoms with Gasteiger partial charge < -0.3 is 15.4 Å². The van der Waals surface area contributed by atoms with Crippen molar-refractivity contribution < 1.29 is 4.92 Å². The van der Waals surface area contributed by atoms with E-state index in [0.717, 1.165) is 5.56 Å². The molecule has 6 nitrogen and oxygen atoms in total. The number of nitro groups is 1. The van der Waals surface area contributed by atoms with Gasteiger partial charge in [-0.15, -0.1) is 0 Å². The van der Waals surface area contributed by atoms with Gasteiger partial charge in [-0.25, -0.2) is 0 Å². The molecule has 1 aromatic heterocycles. The van der Waals surface area contributed by atoms with Crippen LogP contribution in [0.2, 0.25) is 0 Å². The van der Waals surface area contributed by atoms with Gasteiger partial charge >= 0.3 is 5.82 Å². The molecule has 0 saturated heterocycles. The summed E-state index contributed by atoms with van der Waals surface area (Å²) in [7, 11) is 1.76. The quantitative estimate of drug-likeness (QED) is 0.686. The van der Waals surface area contributed by atoms with Gasteiger partial charge in [-0.2, -0.15) is 0 Å². The molecule has 2 rings (SSSR count). The van der Waals surface area contributed by atoms with E-state index in [1.54, 1.807) is 18.5 Å². The van der Waals surface area contributed by atoms with Crippen molar-refractivity contribution >= 4 is 11.6 Å². The molecule has 0 radical (unpaired) electrons. The second kappa shape index (κ2) is 5.32. The summed E-state index contributed by atoms with van der Waals surface area (Å²) in [6, 6.07) is 8.04. The Bertz CT molecular complexity index is 631. The number of aromatic nitrogens is 2. The third kappa shape index (κ3) is 2.64. The van der Waals surface area contributed by atoms with Gasteiger partial charge in [0.15, 0.2) is 0 Å². The second-order valence-electron chi connectivity index (χ2n) is 4.92. The van der Waals surface area contributed by atoms with Crippen molar-refractivity contribution in [2.75, 3.05) is 5.32 Å². The lowest BCUT2D eigenvalue weighted by Crippen LogP contribution is -2.11. The van der Waals surface area contributed by atoms with Crippen molar-refractivity contribution in [2.24, 2.45) is 7.05 Å². The zero-order chi connectivity index (χ0) is 14.9. The standard InChI is InChI=1S/C14H18N4O2/c1-9-5-7-12(8-6-9)10(2)15-13-14(18(19)20)16-11(3)17(13)4/h5-8,10,15H,1-4H3. The minimum Gasteiger partial charge on any atom is -0.358 e. The fourth-order valence-electron chi connectivity index (χ4n) is 2.03. The Hall–Kier alpha value is -2.37. The van der Waals surface area contributed by atoms with Crippen LogP contribution >= 0.6 is 0 Å². The van der Waals surface area contributed by atoms with E-state index in [1.807, 2.05) is 38.1 Å². The van der Waals surface area contributed by atoms with Crippen LogP contribution in [0.3, 0.4) is 0 Å². The van der Waals surface area contributed by atoms with Gasteiger partial charge in [-0.3, -0.25) is 4.57 Å². The Balaban J connectivity index is 2.29. The Kier molecular flexibility index (Phi) is 3.74. The van der Waals surface area contributed by atoms with Crippen LogP contribution < -0.4 is 5.32 Å². The maximum Gasteiger partial charge on any atom is 0.406 e. The largest absolute Gasteiger partial charge is 0.406 e. The molecule has 0 aliphatic rings. The lowest BCUT2D eigenvalue weighted by atomic mass is 10.1. The normalized spacial score (nSPS) is 12.2. The number of imidazole rings is 1. The van der Waals surface area contributed by atoms with Gasteiger partial charge in [0, 0.05) is 14.0 Å². The summed E-state index contributed by atoms with van der Waals surface area (Å²) in [4.78, 5) is 14.6. The van der Waals surface area contributed by atoms with E-state index in [2.05, 4.69) is 10.3 Å². The molecule has 1 atom stereocenters. The highest BCUT2D eigenvalue weighted by molar-refractivity contribution is 5.54. The van der Waals surface area contributed by atoms with E-state index in [9.17, 15) is 10.1 Å². The fourth-order valence-corrected chi connectivity index (χ4v) is 2.03. The molecule has 106 valence electrons. The molecule has 1 heterocycles. The van der Waals surface area contributed by atoms with Crippen LogP contribution in [0.25, 0.3) is 0 Å². The van der Waals surface area contributed by atoms with Gasteiger partial charge in [-0.05, 0) is 29.3 Å². The van der Waals surface area contributed by atoms with E-state index >= 15 is 0 Å². The fraction of sp³-hybridized carbons (Fsp3) is 0.357. The van der Waals surface area contributed by atoms with Crippen molar-refractivity contribution in [3.05, 3.63) is 51.3 Å². The zero-order valence-electron chi connectivity index (χ0n) is 12.0. The highest BCUT2D eigenvalue weighted by Crippen LogP contribution is 2.28. The predicted molar refractivity (Wildman–Crippen MR) is 77.8 cm³/mol. The van der Waals surface area contributed by atoms with Gasteiger partial charge in [0.05, 0.1) is 6.04 Å². The molecule has 0 aliphatic carbocycles. The summed E-state index contributed by atoms with van der Waals surface area (Å²) in [6.07, 6.45) is 0. The molecular formula is C14H18N4O2. The number of hydrogen-bond donors (Lipinski definition) is 1. The second-order valence-corrected chi connectivity index (χ2v) is 4.92. The summed E-state index contributed by atoms with van der Waals surface area (Å²) in [5, 5.41) is 14.2. The third-order valence-corrected chi connectivity index (χ3v) is 3.40. The Morgan fingerprint density at radius 3 is 2.45 bits per heavy atom. The summed E-state index contributed by atoms with van der Waals surface area (Å²) < 4.78 is 1.70. The zero-order valence-corrected chi connectivity index (χ0v) is 12.0. The van der Waals surface area contributed by atoms with Crippen LogP contribution in [0.4, 0.5) is 11.6 Å². The number of anilines is 1. The molecule has 1 aromatic carbocycles. The van der Waals surface area contributed by atoms with Gasteiger partial charge in [0.1, 0.15) is 0 Å². The summed E-state index contributed by atoms with van der Waals surface area (Å²) in [5.74, 6) is 0.903. The predicted octanol–water partition coefficient (Wildman–Crippen LogP) is 3.12. The van der Waals surface area contributed by atoms with E-state index in [0.29, 0.717) is 11.6 Å². The number of hydrogen-bond acceptors (Lipinski definition) is 4. The number of rotatable bonds is 4. The molecule has 6 heteroatoms. The van der Waals surface area contributed by atoms with Crippen LogP contribution in [0.15, 0.2) is 24.3 Å². The average molecular weight is 274 g/mol. The molecule has 0 bridgehead atoms. The van der Waals surface area contributed by atoms with Crippen LogP contribution in [-0.4, -0.2) is 14.5 Å².